The lowest BCUT2D eigenvalue weighted by atomic mass is 9.43. The average molecular weight is 630 g/mol. The second-order valence-corrected chi connectivity index (χ2v) is 15.4. The summed E-state index contributed by atoms with van der Waals surface area (Å²) in [6.45, 7) is 0. The standard InChI is InChI=1S/C46H35N3/c1-2-12-32-29(10-1)11-9-15-34(32)43-45(48-40-18-7-6-17-39(40)47-43)49-41-19-8-4-13-33(41)35-20-21-38-42(44(35)49)36-14-3-5-16-37(36)46(38)30-23-27-22-28(25-30)26-31(46)24-27/h1-21,27-28,30-31H,22-26H2. The first-order chi connectivity index (χ1) is 24.3. The van der Waals surface area contributed by atoms with Gasteiger partial charge in [-0.25, -0.2) is 9.97 Å². The molecule has 0 atom stereocenters. The Kier molecular flexibility index (Phi) is 5.14. The number of rotatable bonds is 2. The van der Waals surface area contributed by atoms with Gasteiger partial charge in [0.1, 0.15) is 5.69 Å². The van der Waals surface area contributed by atoms with Crippen molar-refractivity contribution in [3.63, 3.8) is 0 Å². The molecule has 2 aromatic heterocycles. The van der Waals surface area contributed by atoms with E-state index in [0.717, 1.165) is 39.9 Å². The van der Waals surface area contributed by atoms with Crippen LogP contribution in [0.5, 0.6) is 0 Å². The highest BCUT2D eigenvalue weighted by atomic mass is 15.1. The Balaban J connectivity index is 1.25. The molecule has 0 aliphatic heterocycles. The second-order valence-electron chi connectivity index (χ2n) is 15.4. The number of benzene rings is 6. The van der Waals surface area contributed by atoms with Gasteiger partial charge in [0.25, 0.3) is 0 Å². The maximum atomic E-state index is 5.56. The van der Waals surface area contributed by atoms with Crippen LogP contribution in [0.1, 0.15) is 43.2 Å². The molecule has 0 N–H and O–H groups in total. The van der Waals surface area contributed by atoms with Crippen molar-refractivity contribution in [1.29, 1.82) is 0 Å². The molecule has 4 bridgehead atoms. The summed E-state index contributed by atoms with van der Waals surface area (Å²) in [7, 11) is 0. The maximum Gasteiger partial charge on any atom is 0.165 e. The van der Waals surface area contributed by atoms with Gasteiger partial charge in [0.2, 0.25) is 0 Å². The number of aromatic nitrogens is 3. The molecule has 3 heteroatoms. The van der Waals surface area contributed by atoms with Gasteiger partial charge in [-0.2, -0.15) is 0 Å². The van der Waals surface area contributed by atoms with Gasteiger partial charge < -0.3 is 0 Å². The molecule has 4 fully saturated rings. The highest BCUT2D eigenvalue weighted by Crippen LogP contribution is 2.70. The molecule has 6 aromatic carbocycles. The highest BCUT2D eigenvalue weighted by Gasteiger charge is 2.61. The van der Waals surface area contributed by atoms with E-state index < -0.39 is 0 Å². The first-order valence-electron chi connectivity index (χ1n) is 18.2. The van der Waals surface area contributed by atoms with Gasteiger partial charge in [-0.1, -0.05) is 109 Å². The van der Waals surface area contributed by atoms with Crippen molar-refractivity contribution in [3.05, 3.63) is 139 Å². The van der Waals surface area contributed by atoms with Gasteiger partial charge in [0.15, 0.2) is 5.82 Å². The summed E-state index contributed by atoms with van der Waals surface area (Å²) >= 11 is 0. The van der Waals surface area contributed by atoms with Gasteiger partial charge in [0, 0.05) is 27.3 Å². The van der Waals surface area contributed by atoms with Crippen LogP contribution < -0.4 is 0 Å². The van der Waals surface area contributed by atoms with E-state index in [1.807, 2.05) is 0 Å². The van der Waals surface area contributed by atoms with Gasteiger partial charge in [0.05, 0.1) is 22.1 Å². The van der Waals surface area contributed by atoms with Gasteiger partial charge in [-0.3, -0.25) is 4.57 Å². The fourth-order valence-corrected chi connectivity index (χ4v) is 11.7. The molecule has 8 aromatic rings. The summed E-state index contributed by atoms with van der Waals surface area (Å²) in [6.07, 6.45) is 6.97. The summed E-state index contributed by atoms with van der Waals surface area (Å²) in [5.41, 5.74) is 12.4. The number of nitrogens with zero attached hydrogens (tertiary/aromatic N) is 3. The monoisotopic (exact) mass is 629 g/mol. The van der Waals surface area contributed by atoms with Crippen molar-refractivity contribution in [1.82, 2.24) is 14.5 Å². The summed E-state index contributed by atoms with van der Waals surface area (Å²) < 4.78 is 2.49. The van der Waals surface area contributed by atoms with E-state index in [0.29, 0.717) is 11.8 Å². The van der Waals surface area contributed by atoms with E-state index in [1.54, 1.807) is 11.1 Å². The van der Waals surface area contributed by atoms with Crippen LogP contribution in [0.3, 0.4) is 0 Å². The Labute approximate surface area is 285 Å². The lowest BCUT2D eigenvalue weighted by Crippen LogP contribution is -2.55. The van der Waals surface area contributed by atoms with Gasteiger partial charge in [-0.15, -0.1) is 0 Å². The predicted molar refractivity (Wildman–Crippen MR) is 200 cm³/mol. The summed E-state index contributed by atoms with van der Waals surface area (Å²) in [5, 5.41) is 4.97. The summed E-state index contributed by atoms with van der Waals surface area (Å²) in [4.78, 5) is 11.0. The molecule has 49 heavy (non-hydrogen) atoms. The first kappa shape index (κ1) is 26.6. The molecule has 1 spiro atoms. The van der Waals surface area contributed by atoms with Crippen LogP contribution >= 0.6 is 0 Å². The average Bonchev–Trinajstić information content (AvgIpc) is 3.64. The van der Waals surface area contributed by atoms with Crippen LogP contribution in [-0.4, -0.2) is 14.5 Å². The third-order valence-electron chi connectivity index (χ3n) is 13.2. The van der Waals surface area contributed by atoms with Crippen molar-refractivity contribution in [2.75, 3.05) is 0 Å². The Morgan fingerprint density at radius 1 is 0.510 bits per heavy atom. The quantitative estimate of drug-likeness (QED) is 0.190. The van der Waals surface area contributed by atoms with Crippen LogP contribution in [0.15, 0.2) is 127 Å². The van der Waals surface area contributed by atoms with Crippen molar-refractivity contribution >= 4 is 43.6 Å². The molecule has 13 rings (SSSR count). The highest BCUT2D eigenvalue weighted by molar-refractivity contribution is 6.16. The van der Waals surface area contributed by atoms with E-state index in [4.69, 9.17) is 9.97 Å². The van der Waals surface area contributed by atoms with Crippen molar-refractivity contribution < 1.29 is 0 Å². The smallest absolute Gasteiger partial charge is 0.165 e. The topological polar surface area (TPSA) is 30.7 Å². The second kappa shape index (κ2) is 9.45. The lowest BCUT2D eigenvalue weighted by molar-refractivity contribution is -0.0399. The molecule has 0 unspecified atom stereocenters. The van der Waals surface area contributed by atoms with Crippen LogP contribution in [0.4, 0.5) is 0 Å². The first-order valence-corrected chi connectivity index (χ1v) is 18.2. The van der Waals surface area contributed by atoms with Crippen LogP contribution in [0.2, 0.25) is 0 Å². The minimum absolute atomic E-state index is 0.0996. The summed E-state index contributed by atoms with van der Waals surface area (Å²) in [5.74, 6) is 4.16. The lowest BCUT2D eigenvalue weighted by Gasteiger charge is -2.61. The zero-order valence-corrected chi connectivity index (χ0v) is 27.3. The van der Waals surface area contributed by atoms with Gasteiger partial charge >= 0.3 is 0 Å². The molecule has 2 heterocycles. The van der Waals surface area contributed by atoms with E-state index in [9.17, 15) is 0 Å². The van der Waals surface area contributed by atoms with Crippen molar-refractivity contribution in [2.45, 2.75) is 37.5 Å². The Bertz CT molecular complexity index is 2660. The molecule has 0 radical (unpaired) electrons. The van der Waals surface area contributed by atoms with E-state index in [1.165, 1.54) is 75.8 Å². The fraction of sp³-hybridized carbons (Fsp3) is 0.217. The Morgan fingerprint density at radius 3 is 2.00 bits per heavy atom. The largest absolute Gasteiger partial charge is 0.291 e. The zero-order valence-electron chi connectivity index (χ0n) is 27.3. The fourth-order valence-electron chi connectivity index (χ4n) is 11.7. The van der Waals surface area contributed by atoms with Crippen LogP contribution in [0, 0.1) is 23.7 Å². The maximum absolute atomic E-state index is 5.56. The zero-order chi connectivity index (χ0) is 31.8. The van der Waals surface area contributed by atoms with E-state index in [-0.39, 0.29) is 5.41 Å². The molecule has 4 saturated carbocycles. The number of hydrogen-bond acceptors (Lipinski definition) is 2. The molecule has 0 saturated heterocycles. The molecular weight excluding hydrogens is 595 g/mol. The van der Waals surface area contributed by atoms with Gasteiger partial charge in [-0.05, 0) is 101 Å². The molecular formula is C46H35N3. The number of hydrogen-bond donors (Lipinski definition) is 0. The third-order valence-corrected chi connectivity index (χ3v) is 13.2. The third kappa shape index (κ3) is 3.34. The SMILES string of the molecule is c1ccc2c(c1)-c1c(ccc3c4ccccc4n(-c4nc5ccccc5nc4-c4cccc5ccccc45)c13)C21C2CC3CC(C2)CC1C3. The summed E-state index contributed by atoms with van der Waals surface area (Å²) in [6, 6.07) is 47.0. The van der Waals surface area contributed by atoms with Crippen molar-refractivity contribution in [3.8, 4) is 28.2 Å². The van der Waals surface area contributed by atoms with E-state index in [2.05, 4.69) is 132 Å². The van der Waals surface area contributed by atoms with E-state index >= 15 is 0 Å². The molecule has 3 nitrogen and oxygen atoms in total. The normalized spacial score (nSPS) is 24.8. The number of fused-ring (bicyclic) bond motifs is 9. The van der Waals surface area contributed by atoms with Crippen LogP contribution in [-0.2, 0) is 5.41 Å². The minimum Gasteiger partial charge on any atom is -0.291 e. The molecule has 5 aliphatic rings. The minimum atomic E-state index is 0.0996. The predicted octanol–water partition coefficient (Wildman–Crippen LogP) is 11.3. The Morgan fingerprint density at radius 2 is 1.16 bits per heavy atom. The number of para-hydroxylation sites is 3. The Hall–Kier alpha value is -5.28. The van der Waals surface area contributed by atoms with Crippen LogP contribution in [0.25, 0.3) is 71.8 Å². The molecule has 5 aliphatic carbocycles. The molecule has 0 amide bonds. The molecule has 234 valence electrons. The van der Waals surface area contributed by atoms with Crippen molar-refractivity contribution in [2.24, 2.45) is 23.7 Å².